The first kappa shape index (κ1) is 16.5. The lowest BCUT2D eigenvalue weighted by atomic mass is 9.80. The highest BCUT2D eigenvalue weighted by Gasteiger charge is 2.39. The normalized spacial score (nSPS) is 25.5. The standard InChI is InChI=1S/C16H31NO2/c1-12(2)9-14(10-13(3)4)17-8-6-7-16(5,11-17)15(18)19/h12-14H,6-11H2,1-5H3,(H,18,19). The summed E-state index contributed by atoms with van der Waals surface area (Å²) in [7, 11) is 0. The predicted octanol–water partition coefficient (Wildman–Crippen LogP) is 3.63. The third-order valence-electron chi connectivity index (χ3n) is 4.25. The molecule has 0 saturated carbocycles. The molecule has 1 atom stereocenters. The number of carboxylic acids is 1. The fourth-order valence-electron chi connectivity index (χ4n) is 3.25. The van der Waals surface area contributed by atoms with Gasteiger partial charge >= 0.3 is 5.97 Å². The Labute approximate surface area is 118 Å². The molecule has 3 nitrogen and oxygen atoms in total. The van der Waals surface area contributed by atoms with Gasteiger partial charge in [-0.15, -0.1) is 0 Å². The molecule has 0 aromatic rings. The van der Waals surface area contributed by atoms with Gasteiger partial charge in [0.1, 0.15) is 0 Å². The number of likely N-dealkylation sites (tertiary alicyclic amines) is 1. The molecule has 1 unspecified atom stereocenters. The van der Waals surface area contributed by atoms with Crippen LogP contribution in [0.5, 0.6) is 0 Å². The predicted molar refractivity (Wildman–Crippen MR) is 79.2 cm³/mol. The van der Waals surface area contributed by atoms with E-state index in [0.717, 1.165) is 19.4 Å². The number of aliphatic carboxylic acids is 1. The van der Waals surface area contributed by atoms with Gasteiger partial charge in [-0.1, -0.05) is 27.7 Å². The Morgan fingerprint density at radius 1 is 1.21 bits per heavy atom. The summed E-state index contributed by atoms with van der Waals surface area (Å²) in [5.74, 6) is 0.702. The molecule has 0 aromatic heterocycles. The first-order valence-corrected chi connectivity index (χ1v) is 7.72. The van der Waals surface area contributed by atoms with Crippen molar-refractivity contribution in [2.75, 3.05) is 13.1 Å². The van der Waals surface area contributed by atoms with Crippen LogP contribution in [0.3, 0.4) is 0 Å². The van der Waals surface area contributed by atoms with Crippen LogP contribution in [0, 0.1) is 17.3 Å². The quantitative estimate of drug-likeness (QED) is 0.800. The van der Waals surface area contributed by atoms with Gasteiger partial charge in [0.15, 0.2) is 0 Å². The van der Waals surface area contributed by atoms with E-state index in [1.54, 1.807) is 0 Å². The maximum Gasteiger partial charge on any atom is 0.310 e. The van der Waals surface area contributed by atoms with Crippen molar-refractivity contribution in [3.05, 3.63) is 0 Å². The first-order valence-electron chi connectivity index (χ1n) is 7.72. The van der Waals surface area contributed by atoms with E-state index in [9.17, 15) is 9.90 Å². The molecule has 0 bridgehead atoms. The van der Waals surface area contributed by atoms with Crippen LogP contribution in [0.25, 0.3) is 0 Å². The van der Waals surface area contributed by atoms with Crippen LogP contribution in [0.1, 0.15) is 60.3 Å². The van der Waals surface area contributed by atoms with Crippen molar-refractivity contribution < 1.29 is 9.90 Å². The number of hydrogen-bond acceptors (Lipinski definition) is 2. The van der Waals surface area contributed by atoms with Crippen molar-refractivity contribution in [1.82, 2.24) is 4.90 Å². The molecule has 1 saturated heterocycles. The average Bonchev–Trinajstić information content (AvgIpc) is 2.26. The number of carbonyl (C=O) groups is 1. The minimum absolute atomic E-state index is 0.541. The smallest absolute Gasteiger partial charge is 0.310 e. The largest absolute Gasteiger partial charge is 0.481 e. The summed E-state index contributed by atoms with van der Waals surface area (Å²) >= 11 is 0. The molecule has 1 aliphatic heterocycles. The Hall–Kier alpha value is -0.570. The fourth-order valence-corrected chi connectivity index (χ4v) is 3.25. The zero-order valence-corrected chi connectivity index (χ0v) is 13.3. The van der Waals surface area contributed by atoms with E-state index in [-0.39, 0.29) is 0 Å². The molecule has 3 heteroatoms. The SMILES string of the molecule is CC(C)CC(CC(C)C)N1CCCC(C)(C(=O)O)C1. The number of rotatable bonds is 6. The van der Waals surface area contributed by atoms with Crippen molar-refractivity contribution in [2.24, 2.45) is 17.3 Å². The molecule has 112 valence electrons. The van der Waals surface area contributed by atoms with Gasteiger partial charge in [0, 0.05) is 12.6 Å². The molecule has 0 amide bonds. The summed E-state index contributed by atoms with van der Waals surface area (Å²) < 4.78 is 0. The highest BCUT2D eigenvalue weighted by atomic mass is 16.4. The van der Waals surface area contributed by atoms with Crippen molar-refractivity contribution >= 4 is 5.97 Å². The van der Waals surface area contributed by atoms with Crippen LogP contribution in [-0.2, 0) is 4.79 Å². The Morgan fingerprint density at radius 3 is 2.16 bits per heavy atom. The molecule has 1 heterocycles. The lowest BCUT2D eigenvalue weighted by Crippen LogP contribution is -2.50. The van der Waals surface area contributed by atoms with E-state index >= 15 is 0 Å². The summed E-state index contributed by atoms with van der Waals surface area (Å²) in [6.07, 6.45) is 4.17. The maximum atomic E-state index is 11.5. The van der Waals surface area contributed by atoms with E-state index in [4.69, 9.17) is 0 Å². The van der Waals surface area contributed by atoms with Crippen molar-refractivity contribution in [2.45, 2.75) is 66.3 Å². The van der Waals surface area contributed by atoms with Gasteiger partial charge in [-0.05, 0) is 51.0 Å². The van der Waals surface area contributed by atoms with Crippen molar-refractivity contribution in [3.63, 3.8) is 0 Å². The number of hydrogen-bond donors (Lipinski definition) is 1. The van der Waals surface area contributed by atoms with Crippen LogP contribution in [0.4, 0.5) is 0 Å². The Bertz CT molecular complexity index is 291. The molecular formula is C16H31NO2. The van der Waals surface area contributed by atoms with E-state index in [2.05, 4.69) is 32.6 Å². The monoisotopic (exact) mass is 269 g/mol. The molecule has 0 spiro atoms. The highest BCUT2D eigenvalue weighted by molar-refractivity contribution is 5.74. The molecule has 1 N–H and O–H groups in total. The van der Waals surface area contributed by atoms with Gasteiger partial charge in [-0.25, -0.2) is 0 Å². The van der Waals surface area contributed by atoms with Gasteiger partial charge < -0.3 is 5.11 Å². The summed E-state index contributed by atoms with van der Waals surface area (Å²) in [6, 6.07) is 0.541. The van der Waals surface area contributed by atoms with Gasteiger partial charge in [0.05, 0.1) is 5.41 Å². The summed E-state index contributed by atoms with van der Waals surface area (Å²) in [6.45, 7) is 12.7. The molecule has 0 radical (unpaired) electrons. The summed E-state index contributed by atoms with van der Waals surface area (Å²) in [4.78, 5) is 13.9. The van der Waals surface area contributed by atoms with Gasteiger partial charge in [-0.3, -0.25) is 9.69 Å². The van der Waals surface area contributed by atoms with Crippen LogP contribution in [-0.4, -0.2) is 35.1 Å². The molecule has 1 rings (SSSR count). The zero-order valence-electron chi connectivity index (χ0n) is 13.3. The summed E-state index contributed by atoms with van der Waals surface area (Å²) in [5, 5.41) is 9.43. The van der Waals surface area contributed by atoms with E-state index in [1.165, 1.54) is 12.8 Å². The second-order valence-corrected chi connectivity index (χ2v) is 7.35. The van der Waals surface area contributed by atoms with Gasteiger partial charge in [0.2, 0.25) is 0 Å². The number of nitrogens with zero attached hydrogens (tertiary/aromatic N) is 1. The molecule has 0 aromatic carbocycles. The van der Waals surface area contributed by atoms with Crippen molar-refractivity contribution in [3.8, 4) is 0 Å². The molecule has 1 fully saturated rings. The van der Waals surface area contributed by atoms with Crippen LogP contribution in [0.2, 0.25) is 0 Å². The van der Waals surface area contributed by atoms with E-state index in [0.29, 0.717) is 24.4 Å². The molecule has 1 aliphatic rings. The Morgan fingerprint density at radius 2 is 1.74 bits per heavy atom. The number of piperidine rings is 1. The number of carboxylic acid groups (broad SMARTS) is 1. The van der Waals surface area contributed by atoms with E-state index < -0.39 is 11.4 Å². The van der Waals surface area contributed by atoms with Gasteiger partial charge in [-0.2, -0.15) is 0 Å². The summed E-state index contributed by atoms with van der Waals surface area (Å²) in [5.41, 5.74) is -0.551. The molecular weight excluding hydrogens is 238 g/mol. The van der Waals surface area contributed by atoms with Gasteiger partial charge in [0.25, 0.3) is 0 Å². The lowest BCUT2D eigenvalue weighted by molar-refractivity contribution is -0.152. The van der Waals surface area contributed by atoms with Crippen molar-refractivity contribution in [1.29, 1.82) is 0 Å². The third-order valence-corrected chi connectivity index (χ3v) is 4.25. The second-order valence-electron chi connectivity index (χ2n) is 7.35. The lowest BCUT2D eigenvalue weighted by Gasteiger charge is -2.43. The fraction of sp³-hybridized carbons (Fsp3) is 0.938. The highest BCUT2D eigenvalue weighted by Crippen LogP contribution is 2.33. The van der Waals surface area contributed by atoms with Crippen LogP contribution >= 0.6 is 0 Å². The topological polar surface area (TPSA) is 40.5 Å². The van der Waals surface area contributed by atoms with Crippen LogP contribution < -0.4 is 0 Å². The second kappa shape index (κ2) is 6.74. The Kier molecular flexibility index (Phi) is 5.84. The third kappa shape index (κ3) is 4.79. The molecule has 0 aliphatic carbocycles. The minimum atomic E-state index is -0.634. The average molecular weight is 269 g/mol. The first-order chi connectivity index (χ1) is 8.74. The zero-order chi connectivity index (χ0) is 14.6. The van der Waals surface area contributed by atoms with E-state index in [1.807, 2.05) is 6.92 Å². The Balaban J connectivity index is 2.75. The minimum Gasteiger partial charge on any atom is -0.481 e. The maximum absolute atomic E-state index is 11.5. The van der Waals surface area contributed by atoms with Crippen LogP contribution in [0.15, 0.2) is 0 Å². The molecule has 19 heavy (non-hydrogen) atoms.